The van der Waals surface area contributed by atoms with Crippen LogP contribution in [0.2, 0.25) is 0 Å². The fourth-order valence-corrected chi connectivity index (χ4v) is 1.85. The Kier molecular flexibility index (Phi) is 5.83. The van der Waals surface area contributed by atoms with Crippen LogP contribution >= 0.6 is 15.9 Å². The lowest BCUT2D eigenvalue weighted by Gasteiger charge is -2.05. The molecule has 0 radical (unpaired) electrons. The largest absolute Gasteiger partial charge is 0.320 e. The SMILES string of the molecule is CNCCCNCc1cc(F)cc(Br)c1. The zero-order chi connectivity index (χ0) is 11.1. The Morgan fingerprint density at radius 2 is 2.07 bits per heavy atom. The lowest BCUT2D eigenvalue weighted by atomic mass is 10.2. The highest BCUT2D eigenvalue weighted by Crippen LogP contribution is 2.14. The predicted octanol–water partition coefficient (Wildman–Crippen LogP) is 2.29. The van der Waals surface area contributed by atoms with E-state index < -0.39 is 0 Å². The first-order valence-electron chi connectivity index (χ1n) is 5.02. The lowest BCUT2D eigenvalue weighted by molar-refractivity contribution is 0.608. The van der Waals surface area contributed by atoms with Crippen LogP contribution in [0.4, 0.5) is 4.39 Å². The summed E-state index contributed by atoms with van der Waals surface area (Å²) in [7, 11) is 1.93. The number of hydrogen-bond acceptors (Lipinski definition) is 2. The van der Waals surface area contributed by atoms with Crippen LogP contribution in [0, 0.1) is 5.82 Å². The Hall–Kier alpha value is -0.450. The Morgan fingerprint density at radius 3 is 2.73 bits per heavy atom. The van der Waals surface area contributed by atoms with Gasteiger partial charge in [-0.15, -0.1) is 0 Å². The van der Waals surface area contributed by atoms with E-state index in [1.165, 1.54) is 6.07 Å². The van der Waals surface area contributed by atoms with Gasteiger partial charge in [-0.25, -0.2) is 4.39 Å². The predicted molar refractivity (Wildman–Crippen MR) is 64.4 cm³/mol. The number of benzene rings is 1. The van der Waals surface area contributed by atoms with Crippen molar-refractivity contribution in [3.05, 3.63) is 34.1 Å². The van der Waals surface area contributed by atoms with Crippen LogP contribution in [0.25, 0.3) is 0 Å². The zero-order valence-corrected chi connectivity index (χ0v) is 10.4. The van der Waals surface area contributed by atoms with Crippen molar-refractivity contribution in [2.45, 2.75) is 13.0 Å². The fraction of sp³-hybridized carbons (Fsp3) is 0.455. The molecule has 0 saturated heterocycles. The van der Waals surface area contributed by atoms with Crippen LogP contribution in [-0.4, -0.2) is 20.1 Å². The molecule has 0 aliphatic heterocycles. The minimum Gasteiger partial charge on any atom is -0.320 e. The van der Waals surface area contributed by atoms with E-state index in [1.54, 1.807) is 6.07 Å². The summed E-state index contributed by atoms with van der Waals surface area (Å²) < 4.78 is 13.8. The highest BCUT2D eigenvalue weighted by Gasteiger charge is 1.98. The molecular formula is C11H16BrFN2. The van der Waals surface area contributed by atoms with Gasteiger partial charge in [0, 0.05) is 11.0 Å². The third-order valence-corrected chi connectivity index (χ3v) is 2.49. The van der Waals surface area contributed by atoms with Crippen LogP contribution < -0.4 is 10.6 Å². The molecule has 0 aliphatic carbocycles. The molecule has 0 amide bonds. The van der Waals surface area contributed by atoms with E-state index >= 15 is 0 Å². The summed E-state index contributed by atoms with van der Waals surface area (Å²) in [5, 5.41) is 6.34. The summed E-state index contributed by atoms with van der Waals surface area (Å²) in [6, 6.07) is 4.94. The normalized spacial score (nSPS) is 10.6. The summed E-state index contributed by atoms with van der Waals surface area (Å²) in [6.07, 6.45) is 1.08. The molecule has 1 aromatic rings. The number of halogens is 2. The van der Waals surface area contributed by atoms with Gasteiger partial charge in [0.15, 0.2) is 0 Å². The average molecular weight is 275 g/mol. The van der Waals surface area contributed by atoms with Crippen molar-refractivity contribution in [1.29, 1.82) is 0 Å². The van der Waals surface area contributed by atoms with Crippen LogP contribution in [0.3, 0.4) is 0 Å². The van der Waals surface area contributed by atoms with Crippen molar-refractivity contribution in [3.63, 3.8) is 0 Å². The first-order chi connectivity index (χ1) is 7.22. The maximum atomic E-state index is 13.0. The Morgan fingerprint density at radius 1 is 1.27 bits per heavy atom. The third-order valence-electron chi connectivity index (χ3n) is 2.03. The van der Waals surface area contributed by atoms with E-state index in [-0.39, 0.29) is 5.82 Å². The van der Waals surface area contributed by atoms with E-state index in [2.05, 4.69) is 26.6 Å². The minimum atomic E-state index is -0.198. The highest BCUT2D eigenvalue weighted by atomic mass is 79.9. The molecular weight excluding hydrogens is 259 g/mol. The van der Waals surface area contributed by atoms with Gasteiger partial charge in [0.05, 0.1) is 0 Å². The molecule has 15 heavy (non-hydrogen) atoms. The molecule has 0 spiro atoms. The first kappa shape index (κ1) is 12.6. The number of nitrogens with one attached hydrogen (secondary N) is 2. The van der Waals surface area contributed by atoms with Gasteiger partial charge in [0.25, 0.3) is 0 Å². The van der Waals surface area contributed by atoms with E-state index in [1.807, 2.05) is 13.1 Å². The number of hydrogen-bond donors (Lipinski definition) is 2. The van der Waals surface area contributed by atoms with Crippen molar-refractivity contribution in [2.24, 2.45) is 0 Å². The molecule has 1 rings (SSSR count). The van der Waals surface area contributed by atoms with Crippen molar-refractivity contribution < 1.29 is 4.39 Å². The topological polar surface area (TPSA) is 24.1 Å². The van der Waals surface area contributed by atoms with Gasteiger partial charge in [-0.2, -0.15) is 0 Å². The summed E-state index contributed by atoms with van der Waals surface area (Å²) in [5.41, 5.74) is 0.964. The smallest absolute Gasteiger partial charge is 0.124 e. The molecule has 84 valence electrons. The molecule has 1 aromatic carbocycles. The van der Waals surface area contributed by atoms with Gasteiger partial charge >= 0.3 is 0 Å². The minimum absolute atomic E-state index is 0.198. The van der Waals surface area contributed by atoms with Gasteiger partial charge in [-0.1, -0.05) is 15.9 Å². The van der Waals surface area contributed by atoms with E-state index in [0.29, 0.717) is 6.54 Å². The molecule has 0 aromatic heterocycles. The molecule has 0 saturated carbocycles. The maximum Gasteiger partial charge on any atom is 0.124 e. The monoisotopic (exact) mass is 274 g/mol. The van der Waals surface area contributed by atoms with E-state index in [4.69, 9.17) is 0 Å². The van der Waals surface area contributed by atoms with Crippen LogP contribution in [0.15, 0.2) is 22.7 Å². The van der Waals surface area contributed by atoms with Gasteiger partial charge in [-0.3, -0.25) is 0 Å². The quantitative estimate of drug-likeness (QED) is 0.778. The number of rotatable bonds is 6. The first-order valence-corrected chi connectivity index (χ1v) is 5.82. The van der Waals surface area contributed by atoms with E-state index in [9.17, 15) is 4.39 Å². The molecule has 0 atom stereocenters. The second-order valence-corrected chi connectivity index (χ2v) is 4.33. The maximum absolute atomic E-state index is 13.0. The lowest BCUT2D eigenvalue weighted by Crippen LogP contribution is -2.19. The van der Waals surface area contributed by atoms with Crippen molar-refractivity contribution >= 4 is 15.9 Å². The summed E-state index contributed by atoms with van der Waals surface area (Å²) in [5.74, 6) is -0.198. The summed E-state index contributed by atoms with van der Waals surface area (Å²) >= 11 is 3.27. The summed E-state index contributed by atoms with van der Waals surface area (Å²) in [4.78, 5) is 0. The molecule has 0 aliphatic rings. The Labute approximate surface area is 98.4 Å². The van der Waals surface area contributed by atoms with Crippen LogP contribution in [0.1, 0.15) is 12.0 Å². The Balaban J connectivity index is 2.31. The summed E-state index contributed by atoms with van der Waals surface area (Å²) in [6.45, 7) is 2.65. The van der Waals surface area contributed by atoms with Crippen molar-refractivity contribution in [1.82, 2.24) is 10.6 Å². The van der Waals surface area contributed by atoms with Crippen molar-refractivity contribution in [2.75, 3.05) is 20.1 Å². The van der Waals surface area contributed by atoms with Gasteiger partial charge in [0.2, 0.25) is 0 Å². The molecule has 2 N–H and O–H groups in total. The molecule has 4 heteroatoms. The second-order valence-electron chi connectivity index (χ2n) is 3.41. The molecule has 2 nitrogen and oxygen atoms in total. The molecule has 0 unspecified atom stereocenters. The fourth-order valence-electron chi connectivity index (χ4n) is 1.34. The van der Waals surface area contributed by atoms with Crippen LogP contribution in [0.5, 0.6) is 0 Å². The van der Waals surface area contributed by atoms with Crippen molar-refractivity contribution in [3.8, 4) is 0 Å². The molecule has 0 bridgehead atoms. The van der Waals surface area contributed by atoms with Gasteiger partial charge in [-0.05, 0) is 50.3 Å². The average Bonchev–Trinajstić information content (AvgIpc) is 2.16. The Bertz CT molecular complexity index is 284. The molecule has 0 fully saturated rings. The zero-order valence-electron chi connectivity index (χ0n) is 8.82. The second kappa shape index (κ2) is 6.93. The van der Waals surface area contributed by atoms with E-state index in [0.717, 1.165) is 29.5 Å². The van der Waals surface area contributed by atoms with Crippen LogP contribution in [-0.2, 0) is 6.54 Å². The highest BCUT2D eigenvalue weighted by molar-refractivity contribution is 9.10. The van der Waals surface area contributed by atoms with Gasteiger partial charge in [0.1, 0.15) is 5.82 Å². The standard InChI is InChI=1S/C11H16BrFN2/c1-14-3-2-4-15-8-9-5-10(12)7-11(13)6-9/h5-7,14-15H,2-4,8H2,1H3. The van der Waals surface area contributed by atoms with Gasteiger partial charge < -0.3 is 10.6 Å². The molecule has 0 heterocycles. The third kappa shape index (κ3) is 5.25.